The number of nitrogens with one attached hydrogen (secondary N) is 1. The Labute approximate surface area is 89.5 Å². The molecule has 1 heterocycles. The van der Waals surface area contributed by atoms with Gasteiger partial charge in [-0.05, 0) is 24.6 Å². The number of nitrogens with zero attached hydrogens (tertiary/aromatic N) is 1. The van der Waals surface area contributed by atoms with Gasteiger partial charge in [-0.15, -0.1) is 0 Å². The van der Waals surface area contributed by atoms with Crippen molar-refractivity contribution in [2.24, 2.45) is 0 Å². The summed E-state index contributed by atoms with van der Waals surface area (Å²) in [5.41, 5.74) is 0.948. The zero-order valence-corrected chi connectivity index (χ0v) is 9.16. The zero-order chi connectivity index (χ0) is 11.2. The molecule has 80 valence electrons. The number of halogens is 2. The monoisotopic (exact) mass is 248 g/mol. The molecule has 0 aliphatic rings. The fourth-order valence-electron chi connectivity index (χ4n) is 1.41. The summed E-state index contributed by atoms with van der Waals surface area (Å²) in [7, 11) is 1.23. The van der Waals surface area contributed by atoms with Crippen molar-refractivity contribution in [2.45, 2.75) is 11.9 Å². The van der Waals surface area contributed by atoms with Crippen molar-refractivity contribution in [3.63, 3.8) is 0 Å². The van der Waals surface area contributed by atoms with Gasteiger partial charge in [-0.2, -0.15) is 5.10 Å². The maximum atomic E-state index is 13.1. The average Bonchev–Trinajstić information content (AvgIpc) is 2.45. The van der Waals surface area contributed by atoms with Crippen LogP contribution in [0.3, 0.4) is 0 Å². The van der Waals surface area contributed by atoms with Gasteiger partial charge in [0.05, 0.1) is 5.52 Å². The number of benzene rings is 1. The van der Waals surface area contributed by atoms with Crippen LogP contribution < -0.4 is 0 Å². The highest BCUT2D eigenvalue weighted by Gasteiger charge is 2.19. The van der Waals surface area contributed by atoms with Crippen LogP contribution in [0, 0.1) is 12.7 Å². The number of aromatic amines is 1. The van der Waals surface area contributed by atoms with Gasteiger partial charge < -0.3 is 0 Å². The minimum absolute atomic E-state index is 0.169. The van der Waals surface area contributed by atoms with E-state index in [0.717, 1.165) is 6.07 Å². The van der Waals surface area contributed by atoms with Crippen LogP contribution in [0.2, 0.25) is 0 Å². The summed E-state index contributed by atoms with van der Waals surface area (Å²) in [5.74, 6) is -0.525. The Kier molecular flexibility index (Phi) is 2.20. The summed E-state index contributed by atoms with van der Waals surface area (Å²) in [5, 5.41) is 5.95. The Balaban J connectivity index is 2.92. The highest BCUT2D eigenvalue weighted by molar-refractivity contribution is 8.13. The van der Waals surface area contributed by atoms with E-state index in [1.807, 2.05) is 0 Å². The summed E-state index contributed by atoms with van der Waals surface area (Å²) >= 11 is 0. The Morgan fingerprint density at radius 3 is 2.73 bits per heavy atom. The Morgan fingerprint density at radius 2 is 2.13 bits per heavy atom. The third-order valence-corrected chi connectivity index (χ3v) is 3.28. The number of aromatic nitrogens is 2. The maximum absolute atomic E-state index is 13.1. The molecule has 0 radical (unpaired) electrons. The molecule has 0 saturated heterocycles. The van der Waals surface area contributed by atoms with E-state index in [9.17, 15) is 12.8 Å². The Bertz CT molecular complexity index is 635. The standard InChI is InChI=1S/C8H6ClFN2O2S/c1-4-2-5(10)3-6-7(4)11-12-8(6)15(9,13)14/h2-3H,1H3,(H,11,12). The van der Waals surface area contributed by atoms with Gasteiger partial charge >= 0.3 is 0 Å². The van der Waals surface area contributed by atoms with Gasteiger partial charge in [0.25, 0.3) is 9.05 Å². The summed E-state index contributed by atoms with van der Waals surface area (Å²) in [4.78, 5) is 0. The van der Waals surface area contributed by atoms with E-state index in [1.165, 1.54) is 6.07 Å². The van der Waals surface area contributed by atoms with Crippen molar-refractivity contribution in [1.82, 2.24) is 10.2 Å². The normalized spacial score (nSPS) is 12.2. The minimum Gasteiger partial charge on any atom is -0.265 e. The Morgan fingerprint density at radius 1 is 1.47 bits per heavy atom. The molecule has 1 aromatic heterocycles. The SMILES string of the molecule is Cc1cc(F)cc2c(S(=O)(=O)Cl)[nH]nc12. The lowest BCUT2D eigenvalue weighted by atomic mass is 10.2. The van der Waals surface area contributed by atoms with Gasteiger partial charge in [0.2, 0.25) is 0 Å². The number of rotatable bonds is 1. The topological polar surface area (TPSA) is 62.8 Å². The van der Waals surface area contributed by atoms with E-state index in [-0.39, 0.29) is 10.4 Å². The molecule has 0 unspecified atom stereocenters. The van der Waals surface area contributed by atoms with Crippen molar-refractivity contribution in [3.8, 4) is 0 Å². The van der Waals surface area contributed by atoms with Crippen LogP contribution in [0.1, 0.15) is 5.56 Å². The fourth-order valence-corrected chi connectivity index (χ4v) is 2.34. The molecule has 2 rings (SSSR count). The molecule has 0 atom stereocenters. The van der Waals surface area contributed by atoms with Crippen molar-refractivity contribution >= 4 is 30.6 Å². The van der Waals surface area contributed by atoms with Crippen LogP contribution in [-0.2, 0) is 9.05 Å². The van der Waals surface area contributed by atoms with Crippen molar-refractivity contribution in [2.75, 3.05) is 0 Å². The Hall–Kier alpha value is -1.14. The summed E-state index contributed by atoms with van der Waals surface area (Å²) in [6, 6.07) is 2.36. The first-order valence-corrected chi connectivity index (χ1v) is 6.29. The van der Waals surface area contributed by atoms with Gasteiger partial charge in [-0.1, -0.05) is 0 Å². The first-order chi connectivity index (χ1) is 6.89. The predicted molar refractivity (Wildman–Crippen MR) is 53.8 cm³/mol. The first-order valence-electron chi connectivity index (χ1n) is 3.98. The number of fused-ring (bicyclic) bond motifs is 1. The van der Waals surface area contributed by atoms with Crippen LogP contribution in [0.5, 0.6) is 0 Å². The predicted octanol–water partition coefficient (Wildman–Crippen LogP) is 1.94. The smallest absolute Gasteiger partial charge is 0.265 e. The highest BCUT2D eigenvalue weighted by atomic mass is 35.7. The molecule has 0 fully saturated rings. The molecule has 1 N–H and O–H groups in total. The number of aryl methyl sites for hydroxylation is 1. The van der Waals surface area contributed by atoms with Gasteiger partial charge in [0.15, 0.2) is 5.03 Å². The second kappa shape index (κ2) is 3.18. The summed E-state index contributed by atoms with van der Waals surface area (Å²) in [6.45, 7) is 1.64. The average molecular weight is 249 g/mol. The highest BCUT2D eigenvalue weighted by Crippen LogP contribution is 2.26. The maximum Gasteiger partial charge on any atom is 0.278 e. The largest absolute Gasteiger partial charge is 0.278 e. The lowest BCUT2D eigenvalue weighted by Gasteiger charge is -1.96. The second-order valence-electron chi connectivity index (χ2n) is 3.11. The van der Waals surface area contributed by atoms with Crippen LogP contribution in [-0.4, -0.2) is 18.6 Å². The molecule has 2 aromatic rings. The van der Waals surface area contributed by atoms with Crippen molar-refractivity contribution in [3.05, 3.63) is 23.5 Å². The molecule has 15 heavy (non-hydrogen) atoms. The summed E-state index contributed by atoms with van der Waals surface area (Å²) < 4.78 is 35.3. The molecular weight excluding hydrogens is 243 g/mol. The van der Waals surface area contributed by atoms with Gasteiger partial charge in [-0.25, -0.2) is 12.8 Å². The van der Waals surface area contributed by atoms with Crippen LogP contribution in [0.15, 0.2) is 17.2 Å². The van der Waals surface area contributed by atoms with E-state index in [2.05, 4.69) is 10.2 Å². The van der Waals surface area contributed by atoms with Gasteiger partial charge in [0.1, 0.15) is 5.82 Å². The molecule has 1 aromatic carbocycles. The van der Waals surface area contributed by atoms with Crippen LogP contribution in [0.25, 0.3) is 10.9 Å². The van der Waals surface area contributed by atoms with Gasteiger partial charge in [0, 0.05) is 16.1 Å². The minimum atomic E-state index is -3.93. The third-order valence-electron chi connectivity index (χ3n) is 2.02. The van der Waals surface area contributed by atoms with Crippen LogP contribution >= 0.6 is 10.7 Å². The van der Waals surface area contributed by atoms with Gasteiger partial charge in [-0.3, -0.25) is 5.10 Å². The third kappa shape index (κ3) is 1.70. The summed E-state index contributed by atoms with van der Waals surface area (Å²) in [6.07, 6.45) is 0. The molecule has 7 heteroatoms. The van der Waals surface area contributed by atoms with E-state index in [0.29, 0.717) is 11.1 Å². The molecule has 4 nitrogen and oxygen atoms in total. The van der Waals surface area contributed by atoms with Crippen molar-refractivity contribution in [1.29, 1.82) is 0 Å². The molecule has 0 aliphatic heterocycles. The lowest BCUT2D eigenvalue weighted by molar-refractivity contribution is 0.606. The molecule has 0 aliphatic carbocycles. The molecule has 0 spiro atoms. The number of hydrogen-bond donors (Lipinski definition) is 1. The van der Waals surface area contributed by atoms with E-state index >= 15 is 0 Å². The molecule has 0 amide bonds. The fraction of sp³-hybridized carbons (Fsp3) is 0.125. The lowest BCUT2D eigenvalue weighted by Crippen LogP contribution is -1.91. The molecular formula is C8H6ClFN2O2S. The van der Waals surface area contributed by atoms with Crippen molar-refractivity contribution < 1.29 is 12.8 Å². The van der Waals surface area contributed by atoms with E-state index < -0.39 is 14.9 Å². The number of hydrogen-bond acceptors (Lipinski definition) is 3. The molecule has 0 saturated carbocycles. The first kappa shape index (κ1) is 10.4. The van der Waals surface area contributed by atoms with Crippen LogP contribution in [0.4, 0.5) is 4.39 Å². The quantitative estimate of drug-likeness (QED) is 0.785. The number of H-pyrrole nitrogens is 1. The van der Waals surface area contributed by atoms with E-state index in [4.69, 9.17) is 10.7 Å². The second-order valence-corrected chi connectivity index (χ2v) is 5.61. The van der Waals surface area contributed by atoms with E-state index in [1.54, 1.807) is 6.92 Å². The zero-order valence-electron chi connectivity index (χ0n) is 7.58. The molecule has 0 bridgehead atoms.